The van der Waals surface area contributed by atoms with Gasteiger partial charge in [-0.1, -0.05) is 27.5 Å². The lowest BCUT2D eigenvalue weighted by Crippen LogP contribution is -2.13. The fourth-order valence-corrected chi connectivity index (χ4v) is 2.92. The molecule has 0 aliphatic rings. The minimum Gasteiger partial charge on any atom is -0.397 e. The summed E-state index contributed by atoms with van der Waals surface area (Å²) in [5, 5.41) is 3.27. The summed E-state index contributed by atoms with van der Waals surface area (Å²) in [6.07, 6.45) is 0. The van der Waals surface area contributed by atoms with Crippen LogP contribution in [0.15, 0.2) is 45.3 Å². The molecule has 0 unspecified atom stereocenters. The van der Waals surface area contributed by atoms with Gasteiger partial charge in [-0.2, -0.15) is 0 Å². The van der Waals surface area contributed by atoms with Crippen molar-refractivity contribution >= 4 is 60.7 Å². The molecule has 0 radical (unpaired) electrons. The summed E-state index contributed by atoms with van der Waals surface area (Å²) >= 11 is 12.5. The van der Waals surface area contributed by atoms with Crippen LogP contribution in [0.5, 0.6) is 0 Å². The van der Waals surface area contributed by atoms with E-state index in [0.717, 1.165) is 4.47 Å². The molecule has 0 atom stereocenters. The number of nitrogens with one attached hydrogen (secondary N) is 1. The van der Waals surface area contributed by atoms with Gasteiger partial charge in [-0.05, 0) is 52.3 Å². The highest BCUT2D eigenvalue weighted by atomic mass is 79.9. The number of carbonyl (C=O) groups is 1. The van der Waals surface area contributed by atoms with Crippen LogP contribution in [0.25, 0.3) is 0 Å². The molecule has 0 saturated heterocycles. The summed E-state index contributed by atoms with van der Waals surface area (Å²) in [4.78, 5) is 12.1. The topological polar surface area (TPSA) is 55.1 Å². The standard InChI is InChI=1S/C13H9Br2ClN2O/c14-7-1-3-9(10(15)5-7)13(19)18-12-4-2-8(16)6-11(12)17/h1-6H,17H2,(H,18,19). The minimum absolute atomic E-state index is 0.242. The van der Waals surface area contributed by atoms with Crippen LogP contribution in [-0.4, -0.2) is 5.91 Å². The van der Waals surface area contributed by atoms with Crippen molar-refractivity contribution in [3.8, 4) is 0 Å². The van der Waals surface area contributed by atoms with Crippen LogP contribution < -0.4 is 11.1 Å². The number of hydrogen-bond acceptors (Lipinski definition) is 2. The average Bonchev–Trinajstić information content (AvgIpc) is 2.32. The van der Waals surface area contributed by atoms with E-state index in [1.807, 2.05) is 0 Å². The fraction of sp³-hybridized carbons (Fsp3) is 0. The molecule has 2 aromatic rings. The van der Waals surface area contributed by atoms with E-state index in [2.05, 4.69) is 37.2 Å². The fourth-order valence-electron chi connectivity index (χ4n) is 1.51. The molecule has 0 aliphatic heterocycles. The van der Waals surface area contributed by atoms with Gasteiger partial charge in [0.15, 0.2) is 0 Å². The maximum absolute atomic E-state index is 12.1. The molecule has 0 heterocycles. The van der Waals surface area contributed by atoms with E-state index in [9.17, 15) is 4.79 Å². The van der Waals surface area contributed by atoms with Gasteiger partial charge >= 0.3 is 0 Å². The quantitative estimate of drug-likeness (QED) is 0.713. The van der Waals surface area contributed by atoms with Gasteiger partial charge in [0.2, 0.25) is 0 Å². The zero-order valence-corrected chi connectivity index (χ0v) is 13.5. The first-order valence-electron chi connectivity index (χ1n) is 5.29. The first kappa shape index (κ1) is 14.4. The predicted octanol–water partition coefficient (Wildman–Crippen LogP) is 4.70. The summed E-state index contributed by atoms with van der Waals surface area (Å²) in [5.41, 5.74) is 7.27. The van der Waals surface area contributed by atoms with E-state index in [1.165, 1.54) is 0 Å². The number of carbonyl (C=O) groups excluding carboxylic acids is 1. The molecule has 3 N–H and O–H groups in total. The maximum Gasteiger partial charge on any atom is 0.256 e. The average molecular weight is 404 g/mol. The van der Waals surface area contributed by atoms with Crippen molar-refractivity contribution in [2.45, 2.75) is 0 Å². The third-order valence-electron chi connectivity index (χ3n) is 2.44. The molecule has 0 aromatic heterocycles. The molecule has 6 heteroatoms. The van der Waals surface area contributed by atoms with Crippen LogP contribution in [0.2, 0.25) is 5.02 Å². The van der Waals surface area contributed by atoms with Gasteiger partial charge in [0.25, 0.3) is 5.91 Å². The van der Waals surface area contributed by atoms with Gasteiger partial charge in [0.1, 0.15) is 0 Å². The Bertz CT molecular complexity index is 647. The first-order valence-corrected chi connectivity index (χ1v) is 7.25. The smallest absolute Gasteiger partial charge is 0.256 e. The van der Waals surface area contributed by atoms with Gasteiger partial charge in [-0.25, -0.2) is 0 Å². The third kappa shape index (κ3) is 3.49. The maximum atomic E-state index is 12.1. The second kappa shape index (κ2) is 5.94. The van der Waals surface area contributed by atoms with Gasteiger partial charge < -0.3 is 11.1 Å². The Hall–Kier alpha value is -1.04. The van der Waals surface area contributed by atoms with Gasteiger partial charge in [-0.15, -0.1) is 0 Å². The van der Waals surface area contributed by atoms with Crippen molar-refractivity contribution in [3.63, 3.8) is 0 Å². The molecular weight excluding hydrogens is 395 g/mol. The van der Waals surface area contributed by atoms with E-state index in [1.54, 1.807) is 36.4 Å². The van der Waals surface area contributed by atoms with Crippen LogP contribution >= 0.6 is 43.5 Å². The van der Waals surface area contributed by atoms with Crippen molar-refractivity contribution in [2.24, 2.45) is 0 Å². The Balaban J connectivity index is 2.25. The van der Waals surface area contributed by atoms with E-state index in [4.69, 9.17) is 17.3 Å². The second-order valence-corrected chi connectivity index (χ2v) is 6.02. The molecule has 98 valence electrons. The number of hydrogen-bond donors (Lipinski definition) is 2. The zero-order chi connectivity index (χ0) is 14.0. The molecule has 0 fully saturated rings. The molecule has 0 bridgehead atoms. The van der Waals surface area contributed by atoms with Crippen molar-refractivity contribution in [3.05, 3.63) is 55.9 Å². The van der Waals surface area contributed by atoms with Crippen LogP contribution in [0.3, 0.4) is 0 Å². The van der Waals surface area contributed by atoms with Crippen LogP contribution in [0.1, 0.15) is 10.4 Å². The molecule has 2 aromatic carbocycles. The Kier molecular flexibility index (Phi) is 4.50. The molecule has 1 amide bonds. The van der Waals surface area contributed by atoms with Crippen molar-refractivity contribution in [1.29, 1.82) is 0 Å². The Labute approximate surface area is 132 Å². The zero-order valence-electron chi connectivity index (χ0n) is 9.58. The largest absolute Gasteiger partial charge is 0.397 e. The number of amides is 1. The minimum atomic E-state index is -0.242. The van der Waals surface area contributed by atoms with E-state index in [0.29, 0.717) is 26.4 Å². The van der Waals surface area contributed by atoms with Gasteiger partial charge in [-0.3, -0.25) is 4.79 Å². The number of halogens is 3. The molecule has 0 saturated carbocycles. The summed E-state index contributed by atoms with van der Waals surface area (Å²) in [7, 11) is 0. The summed E-state index contributed by atoms with van der Waals surface area (Å²) < 4.78 is 1.59. The number of anilines is 2. The monoisotopic (exact) mass is 402 g/mol. The summed E-state index contributed by atoms with van der Waals surface area (Å²) in [6.45, 7) is 0. The second-order valence-electron chi connectivity index (χ2n) is 3.81. The number of nitrogen functional groups attached to an aromatic ring is 1. The van der Waals surface area contributed by atoms with E-state index >= 15 is 0 Å². The first-order chi connectivity index (χ1) is 8.97. The number of nitrogens with two attached hydrogens (primary N) is 1. The van der Waals surface area contributed by atoms with E-state index < -0.39 is 0 Å². The molecule has 3 nitrogen and oxygen atoms in total. The number of rotatable bonds is 2. The molecule has 19 heavy (non-hydrogen) atoms. The number of benzene rings is 2. The molecule has 2 rings (SSSR count). The van der Waals surface area contributed by atoms with Gasteiger partial charge in [0.05, 0.1) is 16.9 Å². The van der Waals surface area contributed by atoms with Crippen molar-refractivity contribution in [1.82, 2.24) is 0 Å². The predicted molar refractivity (Wildman–Crippen MR) is 85.7 cm³/mol. The lowest BCUT2D eigenvalue weighted by atomic mass is 10.2. The van der Waals surface area contributed by atoms with E-state index in [-0.39, 0.29) is 5.91 Å². The SMILES string of the molecule is Nc1cc(Cl)ccc1NC(=O)c1ccc(Br)cc1Br. The highest BCUT2D eigenvalue weighted by Crippen LogP contribution is 2.26. The van der Waals surface area contributed by atoms with Crippen LogP contribution in [0, 0.1) is 0 Å². The van der Waals surface area contributed by atoms with Crippen LogP contribution in [-0.2, 0) is 0 Å². The summed E-state index contributed by atoms with van der Waals surface area (Å²) in [6, 6.07) is 10.3. The highest BCUT2D eigenvalue weighted by Gasteiger charge is 2.12. The van der Waals surface area contributed by atoms with Gasteiger partial charge in [0, 0.05) is 14.0 Å². The highest BCUT2D eigenvalue weighted by molar-refractivity contribution is 9.11. The molecular formula is C13H9Br2ClN2O. The van der Waals surface area contributed by atoms with Crippen LogP contribution in [0.4, 0.5) is 11.4 Å². The normalized spacial score (nSPS) is 10.3. The lowest BCUT2D eigenvalue weighted by molar-refractivity contribution is 0.102. The lowest BCUT2D eigenvalue weighted by Gasteiger charge is -2.09. The van der Waals surface area contributed by atoms with Crippen molar-refractivity contribution < 1.29 is 4.79 Å². The molecule has 0 aliphatic carbocycles. The Morgan fingerprint density at radius 3 is 2.53 bits per heavy atom. The Morgan fingerprint density at radius 1 is 1.16 bits per heavy atom. The van der Waals surface area contributed by atoms with Crippen molar-refractivity contribution in [2.75, 3.05) is 11.1 Å². The molecule has 0 spiro atoms. The Morgan fingerprint density at radius 2 is 1.89 bits per heavy atom. The third-order valence-corrected chi connectivity index (χ3v) is 3.82. The summed E-state index contributed by atoms with van der Waals surface area (Å²) in [5.74, 6) is -0.242.